The smallest absolute Gasteiger partial charge is 0.272 e. The lowest BCUT2D eigenvalue weighted by Crippen LogP contribution is -2.14. The molecule has 0 aliphatic heterocycles. The van der Waals surface area contributed by atoms with Gasteiger partial charge in [-0.1, -0.05) is 17.9 Å². The molecule has 0 bridgehead atoms. The second kappa shape index (κ2) is 10.3. The number of benzene rings is 2. The summed E-state index contributed by atoms with van der Waals surface area (Å²) in [6, 6.07) is 11.4. The van der Waals surface area contributed by atoms with Gasteiger partial charge in [0.1, 0.15) is 22.1 Å². The van der Waals surface area contributed by atoms with Gasteiger partial charge in [-0.3, -0.25) is 10.1 Å². The van der Waals surface area contributed by atoms with Gasteiger partial charge >= 0.3 is 0 Å². The molecule has 1 aliphatic rings. The Kier molecular flexibility index (Phi) is 6.80. The lowest BCUT2D eigenvalue weighted by molar-refractivity contribution is 0.102. The summed E-state index contributed by atoms with van der Waals surface area (Å²) in [6.45, 7) is 1.96. The van der Waals surface area contributed by atoms with Gasteiger partial charge in [0.2, 0.25) is 0 Å². The van der Waals surface area contributed by atoms with E-state index in [-0.39, 0.29) is 18.0 Å². The van der Waals surface area contributed by atoms with E-state index in [1.54, 1.807) is 7.11 Å². The first-order valence-corrected chi connectivity index (χ1v) is 12.5. The number of anilines is 1. The van der Waals surface area contributed by atoms with Crippen LogP contribution in [-0.2, 0) is 0 Å². The number of tetrazole rings is 1. The Hall–Kier alpha value is -3.66. The van der Waals surface area contributed by atoms with Gasteiger partial charge in [-0.05, 0) is 79.8 Å². The van der Waals surface area contributed by atoms with E-state index in [0.717, 1.165) is 40.0 Å². The number of ether oxygens (including phenoxy) is 3. The normalized spacial score (nSPS) is 14.5. The van der Waals surface area contributed by atoms with E-state index in [0.29, 0.717) is 16.4 Å². The molecular weight excluding hydrogens is 466 g/mol. The van der Waals surface area contributed by atoms with Crippen LogP contribution in [0, 0.1) is 6.92 Å². The van der Waals surface area contributed by atoms with Crippen LogP contribution in [0.1, 0.15) is 53.8 Å². The molecule has 1 fully saturated rings. The summed E-state index contributed by atoms with van der Waals surface area (Å²) < 4.78 is 18.9. The maximum Gasteiger partial charge on any atom is 0.272 e. The zero-order chi connectivity index (χ0) is 24.2. The minimum absolute atomic E-state index is 0.0900. The number of hydrogen-bond acceptors (Lipinski definition) is 8. The number of nitrogens with one attached hydrogen (secondary N) is 2. The summed E-state index contributed by atoms with van der Waals surface area (Å²) in [7, 11) is 1.62. The van der Waals surface area contributed by atoms with E-state index in [1.807, 2.05) is 43.3 Å². The van der Waals surface area contributed by atoms with Gasteiger partial charge in [0, 0.05) is 10.1 Å². The maximum atomic E-state index is 13.1. The Morgan fingerprint density at radius 3 is 2.51 bits per heavy atom. The third-order valence-electron chi connectivity index (χ3n) is 6.09. The quantitative estimate of drug-likeness (QED) is 0.309. The van der Waals surface area contributed by atoms with Crippen molar-refractivity contribution in [3.8, 4) is 23.0 Å². The predicted octanol–water partition coefficient (Wildman–Crippen LogP) is 5.88. The van der Waals surface area contributed by atoms with Crippen LogP contribution in [0.25, 0.3) is 10.1 Å². The zero-order valence-corrected chi connectivity index (χ0v) is 20.5. The molecule has 1 amide bonds. The van der Waals surface area contributed by atoms with Crippen LogP contribution in [-0.4, -0.2) is 39.7 Å². The van der Waals surface area contributed by atoms with Gasteiger partial charge < -0.3 is 14.2 Å². The Bertz CT molecular complexity index is 1300. The Labute approximate surface area is 206 Å². The van der Waals surface area contributed by atoms with Crippen LogP contribution in [0.4, 0.5) is 5.95 Å². The highest BCUT2D eigenvalue weighted by atomic mass is 32.1. The Morgan fingerprint density at radius 1 is 1.09 bits per heavy atom. The van der Waals surface area contributed by atoms with Crippen molar-refractivity contribution in [2.24, 2.45) is 0 Å². The molecule has 9 nitrogen and oxygen atoms in total. The molecule has 5 rings (SSSR count). The number of aromatic amines is 1. The van der Waals surface area contributed by atoms with Crippen LogP contribution >= 0.6 is 11.3 Å². The number of rotatable bonds is 7. The van der Waals surface area contributed by atoms with Gasteiger partial charge in [0.15, 0.2) is 5.75 Å². The molecule has 2 aromatic heterocycles. The molecule has 0 atom stereocenters. The highest BCUT2D eigenvalue weighted by Gasteiger charge is 2.23. The van der Waals surface area contributed by atoms with Crippen LogP contribution in [0.15, 0.2) is 36.4 Å². The Morgan fingerprint density at radius 2 is 1.83 bits per heavy atom. The van der Waals surface area contributed by atoms with Gasteiger partial charge in [-0.2, -0.15) is 5.21 Å². The van der Waals surface area contributed by atoms with Crippen molar-refractivity contribution in [1.82, 2.24) is 20.6 Å². The van der Waals surface area contributed by atoms with E-state index in [4.69, 9.17) is 14.2 Å². The number of H-pyrrole nitrogens is 1. The predicted molar refractivity (Wildman–Crippen MR) is 134 cm³/mol. The maximum absolute atomic E-state index is 13.1. The van der Waals surface area contributed by atoms with Crippen molar-refractivity contribution < 1.29 is 19.0 Å². The molecule has 2 N–H and O–H groups in total. The molecule has 0 unspecified atom stereocenters. The number of aromatic nitrogens is 4. The van der Waals surface area contributed by atoms with Crippen LogP contribution < -0.4 is 19.5 Å². The van der Waals surface area contributed by atoms with Crippen LogP contribution in [0.3, 0.4) is 0 Å². The highest BCUT2D eigenvalue weighted by molar-refractivity contribution is 7.21. The van der Waals surface area contributed by atoms with Crippen molar-refractivity contribution in [2.45, 2.75) is 51.6 Å². The first kappa shape index (κ1) is 23.1. The fraction of sp³-hybridized carbons (Fsp3) is 0.360. The average Bonchev–Trinajstić information content (AvgIpc) is 3.40. The zero-order valence-electron chi connectivity index (χ0n) is 19.7. The van der Waals surface area contributed by atoms with Crippen LogP contribution in [0.2, 0.25) is 0 Å². The number of methoxy groups -OCH3 is 1. The van der Waals surface area contributed by atoms with Crippen LogP contribution in [0.5, 0.6) is 23.0 Å². The molecule has 1 saturated carbocycles. The van der Waals surface area contributed by atoms with E-state index < -0.39 is 0 Å². The first-order chi connectivity index (χ1) is 17.1. The number of hydrogen-bond donors (Lipinski definition) is 2. The third kappa shape index (κ3) is 5.22. The summed E-state index contributed by atoms with van der Waals surface area (Å²) in [5, 5.41) is 16.9. The largest absolute Gasteiger partial charge is 0.496 e. The molecule has 10 heteroatoms. The van der Waals surface area contributed by atoms with E-state index in [9.17, 15) is 4.79 Å². The van der Waals surface area contributed by atoms with Crippen molar-refractivity contribution >= 4 is 33.3 Å². The van der Waals surface area contributed by atoms with Crippen molar-refractivity contribution in [1.29, 1.82) is 0 Å². The number of carbonyl (C=O) groups is 1. The van der Waals surface area contributed by atoms with Crippen molar-refractivity contribution in [3.63, 3.8) is 0 Å². The fourth-order valence-electron chi connectivity index (χ4n) is 4.30. The summed E-state index contributed by atoms with van der Waals surface area (Å²) in [5.41, 5.74) is 0.970. The second-order valence-electron chi connectivity index (χ2n) is 8.57. The number of thiophene rings is 1. The average molecular weight is 494 g/mol. The molecule has 1 aliphatic carbocycles. The minimum atomic E-state index is -0.382. The van der Waals surface area contributed by atoms with Gasteiger partial charge in [-0.15, -0.1) is 16.4 Å². The van der Waals surface area contributed by atoms with Gasteiger partial charge in [0.25, 0.3) is 11.9 Å². The summed E-state index contributed by atoms with van der Waals surface area (Å²) in [6.07, 6.45) is 7.46. The number of fused-ring (bicyclic) bond motifs is 1. The molecule has 35 heavy (non-hydrogen) atoms. The molecule has 4 aromatic rings. The third-order valence-corrected chi connectivity index (χ3v) is 7.22. The number of carbonyl (C=O) groups excluding carboxylic acids is 1. The molecule has 2 aromatic carbocycles. The molecule has 0 radical (unpaired) electrons. The summed E-state index contributed by atoms with van der Waals surface area (Å²) in [4.78, 5) is 13.5. The molecule has 182 valence electrons. The summed E-state index contributed by atoms with van der Waals surface area (Å²) >= 11 is 1.33. The number of amides is 1. The van der Waals surface area contributed by atoms with Crippen molar-refractivity contribution in [3.05, 3.63) is 46.8 Å². The fourth-order valence-corrected chi connectivity index (χ4v) is 5.41. The lowest BCUT2D eigenvalue weighted by Gasteiger charge is -2.17. The molecular formula is C25H27N5O4S. The monoisotopic (exact) mass is 493 g/mol. The minimum Gasteiger partial charge on any atom is -0.496 e. The van der Waals surface area contributed by atoms with Gasteiger partial charge in [-0.25, -0.2) is 0 Å². The topological polar surface area (TPSA) is 111 Å². The van der Waals surface area contributed by atoms with E-state index >= 15 is 0 Å². The number of nitrogens with zero attached hydrogens (tertiary/aromatic N) is 3. The lowest BCUT2D eigenvalue weighted by atomic mass is 10.1. The first-order valence-electron chi connectivity index (χ1n) is 11.7. The highest BCUT2D eigenvalue weighted by Crippen LogP contribution is 2.43. The Balaban J connectivity index is 1.43. The van der Waals surface area contributed by atoms with E-state index in [1.165, 1.54) is 37.0 Å². The molecule has 0 saturated heterocycles. The SMILES string of the molecule is COc1cc2c(Oc3ccc(OC4CCCCCC4)cc3)c(C(=O)Nc3nn[nH]n3)sc2cc1C. The van der Waals surface area contributed by atoms with Gasteiger partial charge in [0.05, 0.1) is 13.2 Å². The molecule has 2 heterocycles. The number of aryl methyl sites for hydroxylation is 1. The second-order valence-corrected chi connectivity index (χ2v) is 9.62. The summed E-state index contributed by atoms with van der Waals surface area (Å²) in [5.74, 6) is 2.30. The van der Waals surface area contributed by atoms with E-state index in [2.05, 4.69) is 25.9 Å². The molecule has 0 spiro atoms. The standard InChI is InChI=1S/C25H27N5O4S/c1-15-13-21-19(14-20(15)32-2)22(23(35-21)24(31)26-25-27-29-30-28-25)34-18-11-9-17(10-12-18)33-16-7-5-3-4-6-8-16/h9-14,16H,3-8H2,1-2H3,(H2,26,27,28,29,30,31). The van der Waals surface area contributed by atoms with Crippen molar-refractivity contribution in [2.75, 3.05) is 12.4 Å².